The lowest BCUT2D eigenvalue weighted by atomic mass is 10.1. The number of carbonyl (C=O) groups excluding carboxylic acids is 1. The topological polar surface area (TPSA) is 100 Å². The first-order valence-corrected chi connectivity index (χ1v) is 7.38. The van der Waals surface area contributed by atoms with Crippen LogP contribution in [0.15, 0.2) is 47.1 Å². The number of esters is 1. The Kier molecular flexibility index (Phi) is 3.61. The number of hydrogen-bond acceptors (Lipinski definition) is 7. The summed E-state index contributed by atoms with van der Waals surface area (Å²) in [5.74, 6) is -0.633. The minimum atomic E-state index is -0.767. The molecule has 2 heterocycles. The summed E-state index contributed by atoms with van der Waals surface area (Å²) in [6.07, 6.45) is 1.24. The van der Waals surface area contributed by atoms with Crippen LogP contribution in [0, 0.1) is 15.9 Å². The molecular formula is C17H9FN2O6. The maximum Gasteiger partial charge on any atom is 0.363 e. The summed E-state index contributed by atoms with van der Waals surface area (Å²) in [5, 5.41) is 11.3. The second-order valence-corrected chi connectivity index (χ2v) is 5.36. The Bertz CT molecular complexity index is 997. The molecule has 2 aliphatic rings. The fraction of sp³-hybridized carbons (Fsp3) is 0.0588. The highest BCUT2D eigenvalue weighted by molar-refractivity contribution is 6.13. The van der Waals surface area contributed by atoms with Gasteiger partial charge in [-0.2, -0.15) is 0 Å². The first-order chi connectivity index (χ1) is 12.5. The lowest BCUT2D eigenvalue weighted by molar-refractivity contribution is -0.385. The number of halogens is 1. The molecular weight excluding hydrogens is 347 g/mol. The second-order valence-electron chi connectivity index (χ2n) is 5.36. The van der Waals surface area contributed by atoms with Crippen LogP contribution in [0.4, 0.5) is 10.1 Å². The van der Waals surface area contributed by atoms with E-state index < -0.39 is 16.7 Å². The molecule has 2 aromatic rings. The average Bonchev–Trinajstić information content (AvgIpc) is 3.21. The number of nitrogens with zero attached hydrogens (tertiary/aromatic N) is 2. The molecule has 130 valence electrons. The Hall–Kier alpha value is -3.75. The summed E-state index contributed by atoms with van der Waals surface area (Å²) in [4.78, 5) is 26.8. The van der Waals surface area contributed by atoms with E-state index in [-0.39, 0.29) is 35.4 Å². The highest BCUT2D eigenvalue weighted by Gasteiger charge is 2.27. The van der Waals surface area contributed by atoms with Crippen molar-refractivity contribution in [3.8, 4) is 11.5 Å². The van der Waals surface area contributed by atoms with E-state index in [1.165, 1.54) is 42.5 Å². The SMILES string of the molecule is O=C1OC(c2ccc(F)cc2)=N/C1=C\c1cc2c(cc1[N+](=O)[O-])OCO2. The molecule has 0 aliphatic carbocycles. The Morgan fingerprint density at radius 1 is 1.15 bits per heavy atom. The first kappa shape index (κ1) is 15.8. The molecule has 9 heteroatoms. The molecule has 2 aliphatic heterocycles. The van der Waals surface area contributed by atoms with Gasteiger partial charge in [0, 0.05) is 5.56 Å². The van der Waals surface area contributed by atoms with Crippen LogP contribution in [0.5, 0.6) is 11.5 Å². The van der Waals surface area contributed by atoms with Gasteiger partial charge in [0.25, 0.3) is 5.69 Å². The zero-order chi connectivity index (χ0) is 18.3. The van der Waals surface area contributed by atoms with Gasteiger partial charge in [0.1, 0.15) is 5.82 Å². The van der Waals surface area contributed by atoms with Gasteiger partial charge in [-0.25, -0.2) is 14.2 Å². The molecule has 0 fully saturated rings. The van der Waals surface area contributed by atoms with Crippen molar-refractivity contribution in [1.29, 1.82) is 0 Å². The zero-order valence-corrected chi connectivity index (χ0v) is 13.0. The summed E-state index contributed by atoms with van der Waals surface area (Å²) in [6, 6.07) is 7.85. The number of benzene rings is 2. The molecule has 0 atom stereocenters. The molecule has 8 nitrogen and oxygen atoms in total. The van der Waals surface area contributed by atoms with Crippen molar-refractivity contribution in [2.45, 2.75) is 0 Å². The molecule has 0 aromatic heterocycles. The maximum atomic E-state index is 13.0. The molecule has 2 aromatic carbocycles. The van der Waals surface area contributed by atoms with E-state index in [0.717, 1.165) is 0 Å². The van der Waals surface area contributed by atoms with Gasteiger partial charge in [-0.3, -0.25) is 10.1 Å². The Labute approximate surface area is 145 Å². The lowest BCUT2D eigenvalue weighted by Crippen LogP contribution is -2.05. The number of cyclic esters (lactones) is 1. The van der Waals surface area contributed by atoms with E-state index in [1.807, 2.05) is 0 Å². The largest absolute Gasteiger partial charge is 0.454 e. The maximum absolute atomic E-state index is 13.0. The molecule has 0 amide bonds. The number of rotatable bonds is 3. The average molecular weight is 356 g/mol. The van der Waals surface area contributed by atoms with Gasteiger partial charge in [-0.15, -0.1) is 0 Å². The fourth-order valence-corrected chi connectivity index (χ4v) is 2.49. The molecule has 0 saturated carbocycles. The third kappa shape index (κ3) is 2.75. The van der Waals surface area contributed by atoms with Crippen LogP contribution in [-0.4, -0.2) is 23.6 Å². The number of hydrogen-bond donors (Lipinski definition) is 0. The van der Waals surface area contributed by atoms with Gasteiger partial charge >= 0.3 is 5.97 Å². The van der Waals surface area contributed by atoms with E-state index in [4.69, 9.17) is 14.2 Å². The van der Waals surface area contributed by atoms with Gasteiger partial charge in [0.15, 0.2) is 17.2 Å². The monoisotopic (exact) mass is 356 g/mol. The second kappa shape index (κ2) is 5.96. The van der Waals surface area contributed by atoms with Crippen molar-refractivity contribution < 1.29 is 28.3 Å². The third-order valence-corrected chi connectivity index (χ3v) is 3.72. The molecule has 0 radical (unpaired) electrons. The van der Waals surface area contributed by atoms with Gasteiger partial charge in [-0.1, -0.05) is 0 Å². The van der Waals surface area contributed by atoms with Crippen LogP contribution in [0.1, 0.15) is 11.1 Å². The van der Waals surface area contributed by atoms with Gasteiger partial charge in [-0.05, 0) is 36.4 Å². The smallest absolute Gasteiger partial charge is 0.363 e. The summed E-state index contributed by atoms with van der Waals surface area (Å²) in [7, 11) is 0. The van der Waals surface area contributed by atoms with Crippen molar-refractivity contribution in [2.75, 3.05) is 6.79 Å². The Morgan fingerprint density at radius 2 is 1.85 bits per heavy atom. The third-order valence-electron chi connectivity index (χ3n) is 3.72. The van der Waals surface area contributed by atoms with E-state index >= 15 is 0 Å². The minimum Gasteiger partial charge on any atom is -0.454 e. The zero-order valence-electron chi connectivity index (χ0n) is 13.0. The number of nitro benzene ring substituents is 1. The summed E-state index contributed by atoms with van der Waals surface area (Å²) < 4.78 is 28.4. The number of aliphatic imine (C=N–C) groups is 1. The van der Waals surface area contributed by atoms with Crippen LogP contribution < -0.4 is 9.47 Å². The molecule has 0 saturated heterocycles. The Morgan fingerprint density at radius 3 is 2.54 bits per heavy atom. The quantitative estimate of drug-likeness (QED) is 0.363. The van der Waals surface area contributed by atoms with E-state index in [0.29, 0.717) is 11.3 Å². The molecule has 0 N–H and O–H groups in total. The summed E-state index contributed by atoms with van der Waals surface area (Å²) >= 11 is 0. The van der Waals surface area contributed by atoms with Crippen molar-refractivity contribution in [1.82, 2.24) is 0 Å². The highest BCUT2D eigenvalue weighted by atomic mass is 19.1. The molecule has 4 rings (SSSR count). The predicted octanol–water partition coefficient (Wildman–Crippen LogP) is 2.81. The number of fused-ring (bicyclic) bond motifs is 1. The van der Waals surface area contributed by atoms with Gasteiger partial charge in [0.05, 0.1) is 16.6 Å². The molecule has 0 bridgehead atoms. The van der Waals surface area contributed by atoms with Crippen LogP contribution in [-0.2, 0) is 9.53 Å². The standard InChI is InChI=1S/C17H9FN2O6/c18-11-3-1-9(2-4-11)16-19-12(17(21)26-16)5-10-6-14-15(25-8-24-14)7-13(10)20(22)23/h1-7H,8H2/b12-5-. The van der Waals surface area contributed by atoms with E-state index in [9.17, 15) is 19.3 Å². The van der Waals surface area contributed by atoms with Crippen LogP contribution in [0.2, 0.25) is 0 Å². The first-order valence-electron chi connectivity index (χ1n) is 7.38. The van der Waals surface area contributed by atoms with Crippen molar-refractivity contribution in [3.63, 3.8) is 0 Å². The number of carbonyl (C=O) groups is 1. The summed E-state index contributed by atoms with van der Waals surface area (Å²) in [6.45, 7) is -0.0403. The van der Waals surface area contributed by atoms with Gasteiger partial charge < -0.3 is 14.2 Å². The highest BCUT2D eigenvalue weighted by Crippen LogP contribution is 2.39. The summed E-state index contributed by atoms with van der Waals surface area (Å²) in [5.41, 5.74) is 0.143. The molecule has 0 spiro atoms. The minimum absolute atomic E-state index is 0.00959. The van der Waals surface area contributed by atoms with Crippen molar-refractivity contribution in [2.24, 2.45) is 4.99 Å². The van der Waals surface area contributed by atoms with Crippen molar-refractivity contribution >= 4 is 23.6 Å². The van der Waals surface area contributed by atoms with Crippen LogP contribution >= 0.6 is 0 Å². The van der Waals surface area contributed by atoms with E-state index in [1.54, 1.807) is 0 Å². The molecule has 26 heavy (non-hydrogen) atoms. The number of ether oxygens (including phenoxy) is 3. The predicted molar refractivity (Wildman–Crippen MR) is 86.2 cm³/mol. The van der Waals surface area contributed by atoms with Crippen molar-refractivity contribution in [3.05, 3.63) is 69.2 Å². The Balaban J connectivity index is 1.75. The fourth-order valence-electron chi connectivity index (χ4n) is 2.49. The number of nitro groups is 1. The normalized spacial score (nSPS) is 16.6. The molecule has 0 unspecified atom stereocenters. The van der Waals surface area contributed by atoms with Crippen LogP contribution in [0.25, 0.3) is 6.08 Å². The van der Waals surface area contributed by atoms with Gasteiger partial charge in [0.2, 0.25) is 12.7 Å². The lowest BCUT2D eigenvalue weighted by Gasteiger charge is -2.01. The van der Waals surface area contributed by atoms with Crippen LogP contribution in [0.3, 0.4) is 0 Å². The van der Waals surface area contributed by atoms with E-state index in [2.05, 4.69) is 4.99 Å².